The van der Waals surface area contributed by atoms with Gasteiger partial charge in [-0.15, -0.1) is 0 Å². The molecule has 0 amide bonds. The highest BCUT2D eigenvalue weighted by atomic mass is 32.2. The molecule has 2 aromatic heterocycles. The zero-order chi connectivity index (χ0) is 19.8. The molecule has 1 aromatic carbocycles. The van der Waals surface area contributed by atoms with Crippen molar-refractivity contribution in [2.45, 2.75) is 49.0 Å². The quantitative estimate of drug-likeness (QED) is 0.691. The number of imidazole rings is 1. The molecular weight excluding hydrogens is 390 g/mol. The van der Waals surface area contributed by atoms with E-state index < -0.39 is 10.8 Å². The SMILES string of the molecule is Cc1c(OC2COC3(CCC3)OC2)ccnc1CS(=O)c1nc2ccccc2[nH]1. The Morgan fingerprint density at radius 3 is 2.76 bits per heavy atom. The molecule has 1 saturated carbocycles. The van der Waals surface area contributed by atoms with Crippen molar-refractivity contribution in [3.8, 4) is 5.75 Å². The highest BCUT2D eigenvalue weighted by Gasteiger charge is 2.43. The summed E-state index contributed by atoms with van der Waals surface area (Å²) in [5.74, 6) is 0.629. The number of benzene rings is 1. The van der Waals surface area contributed by atoms with Crippen molar-refractivity contribution in [3.05, 3.63) is 47.8 Å². The molecule has 1 atom stereocenters. The van der Waals surface area contributed by atoms with Gasteiger partial charge in [0, 0.05) is 24.6 Å². The van der Waals surface area contributed by atoms with Gasteiger partial charge in [0.05, 0.1) is 46.5 Å². The van der Waals surface area contributed by atoms with Crippen molar-refractivity contribution in [1.29, 1.82) is 0 Å². The van der Waals surface area contributed by atoms with Crippen molar-refractivity contribution >= 4 is 21.8 Å². The Kier molecular flexibility index (Phi) is 4.85. The van der Waals surface area contributed by atoms with E-state index in [4.69, 9.17) is 14.2 Å². The van der Waals surface area contributed by atoms with E-state index in [-0.39, 0.29) is 17.6 Å². The Hall–Kier alpha value is -2.29. The molecule has 3 aromatic rings. The van der Waals surface area contributed by atoms with Gasteiger partial charge < -0.3 is 19.2 Å². The number of nitrogens with zero attached hydrogens (tertiary/aromatic N) is 2. The molecule has 3 heterocycles. The van der Waals surface area contributed by atoms with Crippen molar-refractivity contribution in [1.82, 2.24) is 15.0 Å². The Labute approximate surface area is 171 Å². The largest absolute Gasteiger partial charge is 0.485 e. The number of aromatic nitrogens is 3. The van der Waals surface area contributed by atoms with Crippen LogP contribution in [0.2, 0.25) is 0 Å². The van der Waals surface area contributed by atoms with Gasteiger partial charge in [-0.3, -0.25) is 9.19 Å². The van der Waals surface area contributed by atoms with Gasteiger partial charge in [-0.25, -0.2) is 4.98 Å². The lowest BCUT2D eigenvalue weighted by Gasteiger charge is -2.45. The lowest BCUT2D eigenvalue weighted by Crippen LogP contribution is -2.52. The Bertz CT molecular complexity index is 1020. The predicted octanol–water partition coefficient (Wildman–Crippen LogP) is 3.25. The van der Waals surface area contributed by atoms with E-state index in [1.807, 2.05) is 37.3 Å². The van der Waals surface area contributed by atoms with Crippen LogP contribution >= 0.6 is 0 Å². The molecule has 1 aliphatic carbocycles. The maximum absolute atomic E-state index is 12.8. The summed E-state index contributed by atoms with van der Waals surface area (Å²) in [4.78, 5) is 12.0. The van der Waals surface area contributed by atoms with Gasteiger partial charge in [0.2, 0.25) is 0 Å². The second-order valence-electron chi connectivity index (χ2n) is 7.56. The highest BCUT2D eigenvalue weighted by molar-refractivity contribution is 7.84. The average molecular weight is 413 g/mol. The van der Waals surface area contributed by atoms with Gasteiger partial charge >= 0.3 is 0 Å². The third-order valence-corrected chi connectivity index (χ3v) is 6.74. The van der Waals surface area contributed by atoms with Crippen molar-refractivity contribution in [2.24, 2.45) is 0 Å². The molecule has 1 N–H and O–H groups in total. The number of hydrogen-bond donors (Lipinski definition) is 1. The molecule has 1 unspecified atom stereocenters. The van der Waals surface area contributed by atoms with E-state index in [9.17, 15) is 4.21 Å². The molecule has 0 radical (unpaired) electrons. The fourth-order valence-electron chi connectivity index (χ4n) is 3.64. The minimum atomic E-state index is -1.33. The van der Waals surface area contributed by atoms with Crippen LogP contribution in [0.4, 0.5) is 0 Å². The van der Waals surface area contributed by atoms with E-state index in [0.717, 1.165) is 47.3 Å². The topological polar surface area (TPSA) is 86.3 Å². The summed E-state index contributed by atoms with van der Waals surface area (Å²) in [7, 11) is -1.33. The molecule has 0 bridgehead atoms. The fourth-order valence-corrected chi connectivity index (χ4v) is 4.74. The first-order chi connectivity index (χ1) is 14.1. The minimum absolute atomic E-state index is 0.156. The summed E-state index contributed by atoms with van der Waals surface area (Å²) in [6.45, 7) is 2.97. The van der Waals surface area contributed by atoms with Gasteiger partial charge in [0.25, 0.3) is 0 Å². The Balaban J connectivity index is 1.28. The number of para-hydroxylation sites is 2. The van der Waals surface area contributed by atoms with Crippen molar-refractivity contribution in [2.75, 3.05) is 13.2 Å². The van der Waals surface area contributed by atoms with E-state index in [0.29, 0.717) is 18.4 Å². The molecular formula is C21H23N3O4S. The third kappa shape index (κ3) is 3.68. The second-order valence-corrected chi connectivity index (χ2v) is 8.92. The first-order valence-corrected chi connectivity index (χ1v) is 11.2. The summed E-state index contributed by atoms with van der Waals surface area (Å²) >= 11 is 0. The molecule has 2 aliphatic rings. The van der Waals surface area contributed by atoms with Crippen LogP contribution in [0.5, 0.6) is 5.75 Å². The van der Waals surface area contributed by atoms with Crippen LogP contribution in [0, 0.1) is 6.92 Å². The van der Waals surface area contributed by atoms with Crippen LogP contribution < -0.4 is 4.74 Å². The highest BCUT2D eigenvalue weighted by Crippen LogP contribution is 2.39. The van der Waals surface area contributed by atoms with Crippen LogP contribution in [-0.2, 0) is 26.0 Å². The van der Waals surface area contributed by atoms with E-state index >= 15 is 0 Å². The molecule has 1 aliphatic heterocycles. The van der Waals surface area contributed by atoms with Gasteiger partial charge in [-0.05, 0) is 31.5 Å². The number of aromatic amines is 1. The third-order valence-electron chi connectivity index (χ3n) is 5.58. The maximum atomic E-state index is 12.8. The molecule has 8 heteroatoms. The maximum Gasteiger partial charge on any atom is 0.197 e. The second kappa shape index (κ2) is 7.51. The molecule has 5 rings (SSSR count). The van der Waals surface area contributed by atoms with Gasteiger partial charge in [-0.1, -0.05) is 12.1 Å². The Morgan fingerprint density at radius 1 is 1.24 bits per heavy atom. The summed E-state index contributed by atoms with van der Waals surface area (Å²) in [6.07, 6.45) is 4.61. The first kappa shape index (κ1) is 18.7. The van der Waals surface area contributed by atoms with Gasteiger partial charge in [0.15, 0.2) is 10.9 Å². The minimum Gasteiger partial charge on any atom is -0.485 e. The number of rotatable bonds is 5. The normalized spacial score (nSPS) is 19.9. The first-order valence-electron chi connectivity index (χ1n) is 9.84. The average Bonchev–Trinajstić information content (AvgIpc) is 3.15. The molecule has 152 valence electrons. The zero-order valence-electron chi connectivity index (χ0n) is 16.2. The number of hydrogen-bond acceptors (Lipinski definition) is 6. The summed E-state index contributed by atoms with van der Waals surface area (Å²) in [5.41, 5.74) is 3.29. The monoisotopic (exact) mass is 413 g/mol. The van der Waals surface area contributed by atoms with Crippen molar-refractivity contribution in [3.63, 3.8) is 0 Å². The lowest BCUT2D eigenvalue weighted by molar-refractivity contribution is -0.320. The van der Waals surface area contributed by atoms with Crippen molar-refractivity contribution < 1.29 is 18.4 Å². The standard InChI is InChI=1S/C21H23N3O4S/c1-14-18(13-29(25)20-23-16-5-2-3-6-17(16)24-20)22-10-7-19(14)28-15-11-26-21(27-12-15)8-4-9-21/h2-3,5-7,10,15H,4,8-9,11-13H2,1H3,(H,23,24). The number of nitrogens with one attached hydrogen (secondary N) is 1. The van der Waals surface area contributed by atoms with Gasteiger partial charge in [0.1, 0.15) is 11.9 Å². The zero-order valence-corrected chi connectivity index (χ0v) is 17.0. The van der Waals surface area contributed by atoms with Crippen LogP contribution in [0.15, 0.2) is 41.7 Å². The number of ether oxygens (including phenoxy) is 3. The summed E-state index contributed by atoms with van der Waals surface area (Å²) in [6, 6.07) is 9.48. The van der Waals surface area contributed by atoms with E-state index in [2.05, 4.69) is 15.0 Å². The summed E-state index contributed by atoms with van der Waals surface area (Å²) in [5, 5.41) is 0.457. The van der Waals surface area contributed by atoms with Crippen LogP contribution in [0.1, 0.15) is 30.5 Å². The van der Waals surface area contributed by atoms with E-state index in [1.165, 1.54) is 0 Å². The molecule has 29 heavy (non-hydrogen) atoms. The smallest absolute Gasteiger partial charge is 0.197 e. The molecule has 1 spiro atoms. The van der Waals surface area contributed by atoms with Crippen LogP contribution in [0.3, 0.4) is 0 Å². The molecule has 7 nitrogen and oxygen atoms in total. The van der Waals surface area contributed by atoms with E-state index in [1.54, 1.807) is 6.20 Å². The van der Waals surface area contributed by atoms with Crippen LogP contribution in [-0.4, -0.2) is 44.3 Å². The number of H-pyrrole nitrogens is 1. The number of pyridine rings is 1. The molecule has 1 saturated heterocycles. The van der Waals surface area contributed by atoms with Crippen LogP contribution in [0.25, 0.3) is 11.0 Å². The Morgan fingerprint density at radius 2 is 2.03 bits per heavy atom. The number of fused-ring (bicyclic) bond motifs is 1. The predicted molar refractivity (Wildman–Crippen MR) is 108 cm³/mol. The summed E-state index contributed by atoms with van der Waals surface area (Å²) < 4.78 is 30.7. The molecule has 2 fully saturated rings. The fraction of sp³-hybridized carbons (Fsp3) is 0.429. The van der Waals surface area contributed by atoms with Gasteiger partial charge in [-0.2, -0.15) is 0 Å². The lowest BCUT2D eigenvalue weighted by atomic mass is 9.90.